The highest BCUT2D eigenvalue weighted by Gasteiger charge is 2.19. The molecule has 1 aromatic heterocycles. The smallest absolute Gasteiger partial charge is 0.235 e. The zero-order valence-electron chi connectivity index (χ0n) is 13.2. The second-order valence-electron chi connectivity index (χ2n) is 6.19. The van der Waals surface area contributed by atoms with Gasteiger partial charge in [-0.25, -0.2) is 8.42 Å². The summed E-state index contributed by atoms with van der Waals surface area (Å²) in [6.07, 6.45) is 1.06. The van der Waals surface area contributed by atoms with Gasteiger partial charge in [-0.3, -0.25) is 9.69 Å². The number of carbonyl (C=O) groups is 1. The monoisotopic (exact) mass is 344 g/mol. The molecule has 1 amide bonds. The van der Waals surface area contributed by atoms with Crippen molar-refractivity contribution in [3.63, 3.8) is 0 Å². The summed E-state index contributed by atoms with van der Waals surface area (Å²) in [7, 11) is -3.29. The molecule has 0 saturated heterocycles. The number of thiophene rings is 1. The van der Waals surface area contributed by atoms with Crippen LogP contribution in [0, 0.1) is 5.92 Å². The lowest BCUT2D eigenvalue weighted by Gasteiger charge is -2.26. The van der Waals surface area contributed by atoms with Gasteiger partial charge >= 0.3 is 0 Å². The molecule has 0 fully saturated rings. The number of nitrogens with one attached hydrogen (secondary N) is 1. The van der Waals surface area contributed by atoms with E-state index in [4.69, 9.17) is 0 Å². The van der Waals surface area contributed by atoms with Crippen LogP contribution in [0.3, 0.4) is 0 Å². The third-order valence-corrected chi connectivity index (χ3v) is 6.47. The lowest BCUT2D eigenvalue weighted by atomic mass is 10.1. The maximum Gasteiger partial charge on any atom is 0.235 e. The van der Waals surface area contributed by atoms with Gasteiger partial charge in [0.05, 0.1) is 5.75 Å². The first-order chi connectivity index (χ1) is 10.4. The van der Waals surface area contributed by atoms with E-state index in [0.29, 0.717) is 6.54 Å². The minimum atomic E-state index is -3.29. The van der Waals surface area contributed by atoms with Crippen molar-refractivity contribution in [1.29, 1.82) is 0 Å². The Morgan fingerprint density at radius 2 is 2.23 bits per heavy atom. The number of hydrogen-bond acceptors (Lipinski definition) is 5. The van der Waals surface area contributed by atoms with Crippen LogP contribution in [0.1, 0.15) is 24.3 Å². The number of amides is 1. The first-order valence-corrected chi connectivity index (χ1v) is 10.3. The molecule has 0 atom stereocenters. The maximum absolute atomic E-state index is 11.8. The number of nitrogens with zero attached hydrogens (tertiary/aromatic N) is 1. The Morgan fingerprint density at radius 3 is 2.95 bits per heavy atom. The summed E-state index contributed by atoms with van der Waals surface area (Å²) in [6.45, 7) is 6.84. The molecule has 5 nitrogen and oxygen atoms in total. The summed E-state index contributed by atoms with van der Waals surface area (Å²) >= 11 is 1.80. The molecule has 0 aromatic carbocycles. The molecule has 7 heteroatoms. The zero-order chi connectivity index (χ0) is 16.2. The Morgan fingerprint density at radius 1 is 1.45 bits per heavy atom. The van der Waals surface area contributed by atoms with Crippen LogP contribution in [-0.4, -0.2) is 50.4 Å². The van der Waals surface area contributed by atoms with E-state index in [1.807, 2.05) is 13.8 Å². The highest BCUT2D eigenvalue weighted by atomic mass is 32.2. The van der Waals surface area contributed by atoms with Gasteiger partial charge in [-0.05, 0) is 29.3 Å². The van der Waals surface area contributed by atoms with Gasteiger partial charge in [-0.2, -0.15) is 0 Å². The average Bonchev–Trinajstić information content (AvgIpc) is 2.83. The first kappa shape index (κ1) is 17.4. The van der Waals surface area contributed by atoms with Crippen LogP contribution in [0.25, 0.3) is 0 Å². The molecular weight excluding hydrogens is 320 g/mol. The van der Waals surface area contributed by atoms with E-state index in [2.05, 4.69) is 21.7 Å². The number of hydrogen-bond donors (Lipinski definition) is 1. The largest absolute Gasteiger partial charge is 0.354 e. The van der Waals surface area contributed by atoms with Gasteiger partial charge in [0.25, 0.3) is 0 Å². The normalized spacial score (nSPS) is 15.8. The zero-order valence-corrected chi connectivity index (χ0v) is 14.8. The van der Waals surface area contributed by atoms with Crippen molar-refractivity contribution < 1.29 is 13.2 Å². The third kappa shape index (κ3) is 5.37. The van der Waals surface area contributed by atoms with Crippen LogP contribution >= 0.6 is 11.3 Å². The Balaban J connectivity index is 1.70. The molecule has 0 spiro atoms. The molecular formula is C15H24N2O3S2. The van der Waals surface area contributed by atoms with Gasteiger partial charge in [-0.1, -0.05) is 13.8 Å². The molecule has 0 unspecified atom stereocenters. The maximum atomic E-state index is 11.8. The van der Waals surface area contributed by atoms with E-state index in [1.165, 1.54) is 10.4 Å². The van der Waals surface area contributed by atoms with Crippen LogP contribution in [0.5, 0.6) is 0 Å². The SMILES string of the molecule is CC(C)CS(=O)(=O)CC(=O)NCCN1CCc2sccc2C1. The summed E-state index contributed by atoms with van der Waals surface area (Å²) in [4.78, 5) is 15.5. The van der Waals surface area contributed by atoms with Crippen LogP contribution in [-0.2, 0) is 27.6 Å². The minimum absolute atomic E-state index is 0.0472. The number of carbonyl (C=O) groups excluding carboxylic acids is 1. The number of fused-ring (bicyclic) bond motifs is 1. The molecule has 1 N–H and O–H groups in total. The van der Waals surface area contributed by atoms with Crippen molar-refractivity contribution in [2.24, 2.45) is 5.92 Å². The van der Waals surface area contributed by atoms with Crippen molar-refractivity contribution in [2.75, 3.05) is 31.1 Å². The summed E-state index contributed by atoms with van der Waals surface area (Å²) < 4.78 is 23.5. The summed E-state index contributed by atoms with van der Waals surface area (Å²) in [6, 6.07) is 2.16. The van der Waals surface area contributed by atoms with Crippen LogP contribution in [0.4, 0.5) is 0 Å². The van der Waals surface area contributed by atoms with E-state index in [1.54, 1.807) is 11.3 Å². The van der Waals surface area contributed by atoms with Gasteiger partial charge in [0.1, 0.15) is 5.75 Å². The van der Waals surface area contributed by atoms with E-state index in [9.17, 15) is 13.2 Å². The van der Waals surface area contributed by atoms with Crippen molar-refractivity contribution in [3.8, 4) is 0 Å². The summed E-state index contributed by atoms with van der Waals surface area (Å²) in [5, 5.41) is 4.84. The Kier molecular flexibility index (Phi) is 6.00. The third-order valence-electron chi connectivity index (χ3n) is 3.58. The molecule has 1 aliphatic heterocycles. The minimum Gasteiger partial charge on any atom is -0.354 e. The fourth-order valence-electron chi connectivity index (χ4n) is 2.67. The van der Waals surface area contributed by atoms with Crippen LogP contribution in [0.15, 0.2) is 11.4 Å². The summed E-state index contributed by atoms with van der Waals surface area (Å²) in [5.41, 5.74) is 1.38. The molecule has 0 bridgehead atoms. The van der Waals surface area contributed by atoms with Crippen molar-refractivity contribution in [2.45, 2.75) is 26.8 Å². The highest BCUT2D eigenvalue weighted by Crippen LogP contribution is 2.23. The predicted octanol–water partition coefficient (Wildman–Crippen LogP) is 1.29. The molecule has 0 radical (unpaired) electrons. The molecule has 2 heterocycles. The quantitative estimate of drug-likeness (QED) is 0.809. The molecule has 0 saturated carbocycles. The Bertz CT molecular complexity index is 608. The molecule has 22 heavy (non-hydrogen) atoms. The summed E-state index contributed by atoms with van der Waals surface area (Å²) in [5.74, 6) is -0.687. The van der Waals surface area contributed by atoms with Gasteiger partial charge in [0.15, 0.2) is 9.84 Å². The van der Waals surface area contributed by atoms with Crippen LogP contribution < -0.4 is 5.32 Å². The van der Waals surface area contributed by atoms with E-state index < -0.39 is 21.5 Å². The molecule has 1 aromatic rings. The van der Waals surface area contributed by atoms with Crippen molar-refractivity contribution >= 4 is 27.1 Å². The van der Waals surface area contributed by atoms with Gasteiger partial charge in [0, 0.05) is 31.1 Å². The second-order valence-corrected chi connectivity index (χ2v) is 9.30. The number of rotatable bonds is 7. The molecule has 124 valence electrons. The van der Waals surface area contributed by atoms with E-state index in [0.717, 1.165) is 26.1 Å². The average molecular weight is 345 g/mol. The van der Waals surface area contributed by atoms with Gasteiger partial charge < -0.3 is 5.32 Å². The molecule has 0 aliphatic carbocycles. The van der Waals surface area contributed by atoms with Crippen molar-refractivity contribution in [3.05, 3.63) is 21.9 Å². The first-order valence-electron chi connectivity index (χ1n) is 7.60. The van der Waals surface area contributed by atoms with Gasteiger partial charge in [0.2, 0.25) is 5.91 Å². The Hall–Kier alpha value is -0.920. The standard InChI is InChI=1S/C15H24N2O3S2/c1-12(2)10-22(19,20)11-15(18)16-5-7-17-6-3-14-13(9-17)4-8-21-14/h4,8,12H,3,5-7,9-11H2,1-2H3,(H,16,18). The van der Waals surface area contributed by atoms with Crippen molar-refractivity contribution in [1.82, 2.24) is 10.2 Å². The van der Waals surface area contributed by atoms with E-state index >= 15 is 0 Å². The highest BCUT2D eigenvalue weighted by molar-refractivity contribution is 7.92. The Labute approximate surface area is 136 Å². The molecule has 1 aliphatic rings. The molecule has 2 rings (SSSR count). The fourth-order valence-corrected chi connectivity index (χ4v) is 5.19. The topological polar surface area (TPSA) is 66.5 Å². The fraction of sp³-hybridized carbons (Fsp3) is 0.667. The van der Waals surface area contributed by atoms with E-state index in [-0.39, 0.29) is 11.7 Å². The number of sulfone groups is 1. The lowest BCUT2D eigenvalue weighted by Crippen LogP contribution is -2.39. The van der Waals surface area contributed by atoms with Gasteiger partial charge in [-0.15, -0.1) is 11.3 Å². The second kappa shape index (κ2) is 7.57. The predicted molar refractivity (Wildman–Crippen MR) is 89.8 cm³/mol. The van der Waals surface area contributed by atoms with Crippen LogP contribution in [0.2, 0.25) is 0 Å². The lowest BCUT2D eigenvalue weighted by molar-refractivity contribution is -0.118.